The van der Waals surface area contributed by atoms with Crippen LogP contribution in [-0.4, -0.2) is 31.1 Å². The van der Waals surface area contributed by atoms with Crippen LogP contribution in [0.3, 0.4) is 0 Å². The van der Waals surface area contributed by atoms with Crippen LogP contribution in [0.25, 0.3) is 0 Å². The normalized spacial score (nSPS) is 11.4. The number of rotatable bonds is 2. The number of nitrogens with zero attached hydrogens (tertiary/aromatic N) is 1. The molecule has 0 aromatic rings. The maximum atomic E-state index is 4.54. The van der Waals surface area contributed by atoms with Crippen LogP contribution in [0.5, 0.6) is 0 Å². The molecule has 0 amide bonds. The Morgan fingerprint density at radius 3 is 1.91 bits per heavy atom. The first-order valence-electron chi connectivity index (χ1n) is 3.62. The molecule has 4 heteroatoms. The van der Waals surface area contributed by atoms with E-state index in [9.17, 15) is 0 Å². The number of aliphatic imine (C=N–C) groups is 1. The van der Waals surface area contributed by atoms with Crippen LogP contribution in [0.15, 0.2) is 4.99 Å². The summed E-state index contributed by atoms with van der Waals surface area (Å²) in [5.74, 6) is 0. The summed E-state index contributed by atoms with van der Waals surface area (Å²) in [6.45, 7) is 7.03. The lowest BCUT2D eigenvalue weighted by Crippen LogP contribution is -2.25. The summed E-state index contributed by atoms with van der Waals surface area (Å²) in [4.78, 5) is 4.54. The van der Waals surface area contributed by atoms with Crippen LogP contribution in [-0.2, 0) is 0 Å². The van der Waals surface area contributed by atoms with Gasteiger partial charge in [0, 0.05) is 6.17 Å². The summed E-state index contributed by atoms with van der Waals surface area (Å²) in [6, 6.07) is 0. The minimum absolute atomic E-state index is 0.967. The van der Waals surface area contributed by atoms with Crippen molar-refractivity contribution in [2.24, 2.45) is 4.99 Å². The molecule has 0 aliphatic heterocycles. The zero-order valence-corrected chi connectivity index (χ0v) is 10.6. The molecular weight excluding hydrogens is 190 g/mol. The van der Waals surface area contributed by atoms with E-state index in [2.05, 4.69) is 37.1 Å². The van der Waals surface area contributed by atoms with Crippen molar-refractivity contribution < 1.29 is 0 Å². The zero-order valence-electron chi connectivity index (χ0n) is 7.97. The van der Waals surface area contributed by atoms with E-state index in [4.69, 9.17) is 0 Å². The molecule has 0 saturated carbocycles. The first-order valence-corrected chi connectivity index (χ1v) is 9.77. The van der Waals surface area contributed by atoms with Gasteiger partial charge in [0.05, 0.1) is 8.07 Å². The third kappa shape index (κ3) is 6.96. The lowest BCUT2D eigenvalue weighted by molar-refractivity contribution is 1.30. The molecule has 0 radical (unpaired) electrons. The summed E-state index contributed by atoms with van der Waals surface area (Å²) >= 11 is 3.49. The molecule has 0 saturated heterocycles. The highest BCUT2D eigenvalue weighted by molar-refractivity contribution is 8.38. The lowest BCUT2D eigenvalue weighted by atomic mass is 11.4. The number of hydrogen-bond acceptors (Lipinski definition) is 3. The van der Waals surface area contributed by atoms with E-state index in [0.29, 0.717) is 0 Å². The summed E-state index contributed by atoms with van der Waals surface area (Å²) < 4.78 is 1.22. The molecule has 0 aliphatic carbocycles. The highest BCUT2D eigenvalue weighted by Gasteiger charge is 2.11. The molecule has 0 heterocycles. The zero-order chi connectivity index (χ0) is 8.91. The van der Waals surface area contributed by atoms with E-state index in [1.165, 1.54) is 4.38 Å². The van der Waals surface area contributed by atoms with E-state index < -0.39 is 8.07 Å². The maximum absolute atomic E-state index is 4.54. The first kappa shape index (κ1) is 11.6. The van der Waals surface area contributed by atoms with Gasteiger partial charge in [-0.05, 0) is 12.5 Å². The highest BCUT2D eigenvalue weighted by atomic mass is 32.2. The van der Waals surface area contributed by atoms with Gasteiger partial charge in [-0.15, -0.1) is 23.5 Å². The quantitative estimate of drug-likeness (QED) is 0.392. The van der Waals surface area contributed by atoms with Gasteiger partial charge in [-0.3, -0.25) is 4.99 Å². The Hall–Kier alpha value is 0.587. The lowest BCUT2D eigenvalue weighted by Gasteiger charge is -2.12. The van der Waals surface area contributed by atoms with Crippen molar-refractivity contribution in [2.75, 3.05) is 18.7 Å². The fourth-order valence-corrected chi connectivity index (χ4v) is 2.43. The fourth-order valence-electron chi connectivity index (χ4n) is 0.514. The summed E-state index contributed by atoms with van der Waals surface area (Å²) in [5, 5.41) is 0. The molecule has 0 aromatic heterocycles. The predicted molar refractivity (Wildman–Crippen MR) is 62.7 cm³/mol. The summed E-state index contributed by atoms with van der Waals surface area (Å²) in [5.41, 5.74) is 0. The Bertz CT molecular complexity index is 134. The molecule has 0 rings (SSSR count). The standard InChI is InChI=1S/C7H17NS2Si/c1-9-7(10-2)8-6-11(3,4)5/h6H2,1-5H3. The molecule has 66 valence electrons. The average Bonchev–Trinajstić information content (AvgIpc) is 1.88. The minimum Gasteiger partial charge on any atom is -0.275 e. The van der Waals surface area contributed by atoms with Gasteiger partial charge in [0.25, 0.3) is 0 Å². The van der Waals surface area contributed by atoms with Gasteiger partial charge >= 0.3 is 0 Å². The van der Waals surface area contributed by atoms with E-state index in [1.807, 2.05) is 0 Å². The minimum atomic E-state index is -0.967. The van der Waals surface area contributed by atoms with Gasteiger partial charge in [-0.25, -0.2) is 0 Å². The van der Waals surface area contributed by atoms with Gasteiger partial charge in [0.1, 0.15) is 4.38 Å². The van der Waals surface area contributed by atoms with E-state index >= 15 is 0 Å². The predicted octanol–water partition coefficient (Wildman–Crippen LogP) is 2.95. The van der Waals surface area contributed by atoms with E-state index in [1.54, 1.807) is 23.5 Å². The number of thioether (sulfide) groups is 2. The van der Waals surface area contributed by atoms with Crippen LogP contribution >= 0.6 is 23.5 Å². The van der Waals surface area contributed by atoms with Crippen LogP contribution in [0, 0.1) is 0 Å². The first-order chi connectivity index (χ1) is 4.99. The monoisotopic (exact) mass is 207 g/mol. The van der Waals surface area contributed by atoms with Crippen LogP contribution in [0.4, 0.5) is 0 Å². The SMILES string of the molecule is CSC(=NC[Si](C)(C)C)SC. The van der Waals surface area contributed by atoms with Crippen LogP contribution < -0.4 is 0 Å². The van der Waals surface area contributed by atoms with Gasteiger partial charge < -0.3 is 0 Å². The van der Waals surface area contributed by atoms with Crippen molar-refractivity contribution in [3.05, 3.63) is 0 Å². The van der Waals surface area contributed by atoms with Crippen molar-refractivity contribution in [1.29, 1.82) is 0 Å². The van der Waals surface area contributed by atoms with Crippen LogP contribution in [0.1, 0.15) is 0 Å². The third-order valence-electron chi connectivity index (χ3n) is 1.03. The Morgan fingerprint density at radius 1 is 1.18 bits per heavy atom. The van der Waals surface area contributed by atoms with Gasteiger partial charge in [-0.2, -0.15) is 0 Å². The molecular formula is C7H17NS2Si. The van der Waals surface area contributed by atoms with Gasteiger partial charge in [0.15, 0.2) is 0 Å². The van der Waals surface area contributed by atoms with Crippen molar-refractivity contribution >= 4 is 36.0 Å². The second-order valence-corrected chi connectivity index (χ2v) is 10.8. The summed E-state index contributed by atoms with van der Waals surface area (Å²) in [7, 11) is -0.967. The van der Waals surface area contributed by atoms with Crippen molar-refractivity contribution in [1.82, 2.24) is 0 Å². The Kier molecular flexibility index (Phi) is 5.55. The molecule has 0 atom stereocenters. The topological polar surface area (TPSA) is 12.4 Å². The Labute approximate surface area is 79.5 Å². The van der Waals surface area contributed by atoms with Crippen molar-refractivity contribution in [3.63, 3.8) is 0 Å². The molecule has 11 heavy (non-hydrogen) atoms. The molecule has 1 nitrogen and oxygen atoms in total. The Balaban J connectivity index is 3.89. The molecule has 0 bridgehead atoms. The van der Waals surface area contributed by atoms with Crippen molar-refractivity contribution in [2.45, 2.75) is 19.6 Å². The molecule has 0 fully saturated rings. The van der Waals surface area contributed by atoms with Gasteiger partial charge in [0.2, 0.25) is 0 Å². The molecule has 0 spiro atoms. The van der Waals surface area contributed by atoms with Crippen molar-refractivity contribution in [3.8, 4) is 0 Å². The number of hydrogen-bond donors (Lipinski definition) is 0. The molecule has 0 N–H and O–H groups in total. The largest absolute Gasteiger partial charge is 0.275 e. The second kappa shape index (κ2) is 5.27. The van der Waals surface area contributed by atoms with Gasteiger partial charge in [-0.1, -0.05) is 19.6 Å². The van der Waals surface area contributed by atoms with E-state index in [-0.39, 0.29) is 0 Å². The molecule has 0 aliphatic rings. The smallest absolute Gasteiger partial charge is 0.123 e. The molecule has 0 unspecified atom stereocenters. The van der Waals surface area contributed by atoms with E-state index in [0.717, 1.165) is 6.17 Å². The summed E-state index contributed by atoms with van der Waals surface area (Å²) in [6.07, 6.45) is 5.23. The highest BCUT2D eigenvalue weighted by Crippen LogP contribution is 2.12. The fraction of sp³-hybridized carbons (Fsp3) is 0.857. The second-order valence-electron chi connectivity index (χ2n) is 3.55. The third-order valence-corrected chi connectivity index (χ3v) is 4.10. The maximum Gasteiger partial charge on any atom is 0.123 e. The Morgan fingerprint density at radius 2 is 1.64 bits per heavy atom. The molecule has 0 aromatic carbocycles. The average molecular weight is 207 g/mol. The van der Waals surface area contributed by atoms with Crippen LogP contribution in [0.2, 0.25) is 19.6 Å².